The predicted molar refractivity (Wildman–Crippen MR) is 279 cm³/mol. The van der Waals surface area contributed by atoms with Crippen LogP contribution in [0.25, 0.3) is 0 Å². The van der Waals surface area contributed by atoms with Gasteiger partial charge in [-0.15, -0.1) is 0 Å². The second-order valence-electron chi connectivity index (χ2n) is 17.7. The van der Waals surface area contributed by atoms with Crippen molar-refractivity contribution in [3.8, 4) is 0 Å². The minimum atomic E-state index is -0.553. The van der Waals surface area contributed by atoms with Gasteiger partial charge in [0.2, 0.25) is 0 Å². The van der Waals surface area contributed by atoms with Gasteiger partial charge < -0.3 is 14.2 Å². The van der Waals surface area contributed by atoms with E-state index in [1.54, 1.807) is 0 Å². The van der Waals surface area contributed by atoms with E-state index in [1.165, 1.54) is 122 Å². The lowest BCUT2D eigenvalue weighted by molar-refractivity contribution is -0.163. The normalized spacial score (nSPS) is 12.9. The number of ether oxygens (including phenoxy) is 3. The van der Waals surface area contributed by atoms with Crippen LogP contribution in [-0.2, 0) is 23.8 Å². The minimum Gasteiger partial charge on any atom is -0.462 e. The van der Waals surface area contributed by atoms with Crippen LogP contribution in [0.2, 0.25) is 0 Å². The number of carbonyl (C=O) groups excluding carboxylic acids is 2. The molecule has 0 aromatic carbocycles. The summed E-state index contributed by atoms with van der Waals surface area (Å²) in [7, 11) is 0. The number of unbranched alkanes of at least 4 members (excludes halogenated alkanes) is 24. The maximum absolute atomic E-state index is 12.8. The highest BCUT2D eigenvalue weighted by atomic mass is 16.6. The molecule has 0 aliphatic heterocycles. The van der Waals surface area contributed by atoms with Crippen molar-refractivity contribution in [2.45, 2.75) is 258 Å². The SMILES string of the molecule is CC/C=C\C/C=C\C/C=C\CCCCCCCCCCOCC(COC(=O)CCCCCCCC/C=C\C/C=C\C/C=C\CCCCC)OC(=O)CCCCCCC/C=C\CCCC. The van der Waals surface area contributed by atoms with Gasteiger partial charge in [0.05, 0.1) is 6.61 Å². The number of hydrogen-bond donors (Lipinski definition) is 0. The van der Waals surface area contributed by atoms with Crippen molar-refractivity contribution in [1.82, 2.24) is 0 Å². The van der Waals surface area contributed by atoms with Gasteiger partial charge >= 0.3 is 11.9 Å². The summed E-state index contributed by atoms with van der Waals surface area (Å²) in [5.41, 5.74) is 0. The lowest BCUT2D eigenvalue weighted by atomic mass is 10.1. The summed E-state index contributed by atoms with van der Waals surface area (Å²) in [6, 6.07) is 0. The third-order valence-electron chi connectivity index (χ3n) is 11.4. The van der Waals surface area contributed by atoms with Crippen LogP contribution >= 0.6 is 0 Å². The summed E-state index contributed by atoms with van der Waals surface area (Å²) in [5.74, 6) is -0.426. The number of esters is 2. The van der Waals surface area contributed by atoms with E-state index < -0.39 is 6.10 Å². The summed E-state index contributed by atoms with van der Waals surface area (Å²) in [5, 5.41) is 0. The molecule has 1 atom stereocenters. The molecule has 0 saturated carbocycles. The molecule has 0 amide bonds. The molecule has 0 N–H and O–H groups in total. The highest BCUT2D eigenvalue weighted by Crippen LogP contribution is 2.14. The number of allylic oxidation sites excluding steroid dienone is 14. The zero-order valence-electron chi connectivity index (χ0n) is 42.3. The molecule has 0 aromatic heterocycles. The number of rotatable bonds is 49. The van der Waals surface area contributed by atoms with Gasteiger partial charge in [-0.3, -0.25) is 9.59 Å². The Balaban J connectivity index is 4.27. The zero-order valence-corrected chi connectivity index (χ0v) is 42.3. The van der Waals surface area contributed by atoms with Crippen LogP contribution < -0.4 is 0 Å². The van der Waals surface area contributed by atoms with Gasteiger partial charge in [-0.25, -0.2) is 0 Å². The summed E-state index contributed by atoms with van der Waals surface area (Å²) >= 11 is 0. The van der Waals surface area contributed by atoms with Gasteiger partial charge in [0.1, 0.15) is 6.61 Å². The largest absolute Gasteiger partial charge is 0.462 e. The molecular weight excluding hydrogens is 789 g/mol. The van der Waals surface area contributed by atoms with E-state index in [1.807, 2.05) is 0 Å². The van der Waals surface area contributed by atoms with Crippen molar-refractivity contribution < 1.29 is 23.8 Å². The maximum atomic E-state index is 12.8. The van der Waals surface area contributed by atoms with E-state index in [4.69, 9.17) is 14.2 Å². The van der Waals surface area contributed by atoms with E-state index in [0.29, 0.717) is 19.4 Å². The average Bonchev–Trinajstić information content (AvgIpc) is 3.30. The molecule has 0 saturated heterocycles. The molecule has 0 aromatic rings. The van der Waals surface area contributed by atoms with Gasteiger partial charge in [0, 0.05) is 19.4 Å². The number of carbonyl (C=O) groups is 2. The van der Waals surface area contributed by atoms with Crippen molar-refractivity contribution in [3.05, 3.63) is 85.1 Å². The Hall–Kier alpha value is -2.92. The highest BCUT2D eigenvalue weighted by Gasteiger charge is 2.17. The molecule has 0 spiro atoms. The monoisotopic (exact) mass is 891 g/mol. The lowest BCUT2D eigenvalue weighted by Gasteiger charge is -2.18. The van der Waals surface area contributed by atoms with E-state index in [2.05, 4.69) is 106 Å². The van der Waals surface area contributed by atoms with Crippen LogP contribution in [0.5, 0.6) is 0 Å². The molecule has 0 bridgehead atoms. The summed E-state index contributed by atoms with van der Waals surface area (Å²) in [6.07, 6.45) is 71.6. The first kappa shape index (κ1) is 61.1. The Labute approximate surface area is 397 Å². The Morgan fingerprint density at radius 1 is 0.359 bits per heavy atom. The fraction of sp³-hybridized carbons (Fsp3) is 0.729. The van der Waals surface area contributed by atoms with Crippen molar-refractivity contribution in [3.63, 3.8) is 0 Å². The Morgan fingerprint density at radius 2 is 0.719 bits per heavy atom. The number of hydrogen-bond acceptors (Lipinski definition) is 5. The average molecular weight is 891 g/mol. The highest BCUT2D eigenvalue weighted by molar-refractivity contribution is 5.70. The molecule has 0 fully saturated rings. The summed E-state index contributed by atoms with van der Waals surface area (Å²) in [4.78, 5) is 25.4. The van der Waals surface area contributed by atoms with Crippen LogP contribution in [0.4, 0.5) is 0 Å². The first-order valence-electron chi connectivity index (χ1n) is 27.1. The summed E-state index contributed by atoms with van der Waals surface area (Å²) < 4.78 is 17.4. The molecular formula is C59H102O5. The Morgan fingerprint density at radius 3 is 1.19 bits per heavy atom. The second kappa shape index (κ2) is 54.4. The maximum Gasteiger partial charge on any atom is 0.306 e. The van der Waals surface area contributed by atoms with Crippen LogP contribution in [0.15, 0.2) is 85.1 Å². The smallest absolute Gasteiger partial charge is 0.306 e. The van der Waals surface area contributed by atoms with E-state index in [0.717, 1.165) is 96.3 Å². The molecule has 0 aliphatic rings. The quantitative estimate of drug-likeness (QED) is 0.0346. The third-order valence-corrected chi connectivity index (χ3v) is 11.4. The molecule has 0 aliphatic carbocycles. The van der Waals surface area contributed by atoms with Crippen molar-refractivity contribution in [2.24, 2.45) is 0 Å². The van der Waals surface area contributed by atoms with Crippen molar-refractivity contribution in [2.75, 3.05) is 19.8 Å². The molecule has 0 rings (SSSR count). The minimum absolute atomic E-state index is 0.0691. The van der Waals surface area contributed by atoms with E-state index in [-0.39, 0.29) is 25.2 Å². The standard InChI is InChI=1S/C59H102O5/c1-4-7-10-13-16-19-22-24-26-28-30-31-33-35-38-40-43-46-49-52-58(60)63-56-57(64-59(61)53-50-47-44-41-37-21-18-15-12-9-6-3)55-62-54-51-48-45-42-39-36-34-32-29-27-25-23-20-17-14-11-8-5-2/h8,11,15-20,24-27,30-31,57H,4-7,9-10,12-14,21-23,28-29,32-56H2,1-3H3/b11-8-,18-15-,19-16-,20-17-,26-24-,27-25-,31-30-. The van der Waals surface area contributed by atoms with Gasteiger partial charge in [0.15, 0.2) is 6.10 Å². The summed E-state index contributed by atoms with van der Waals surface area (Å²) in [6.45, 7) is 7.63. The topological polar surface area (TPSA) is 61.8 Å². The van der Waals surface area contributed by atoms with Crippen molar-refractivity contribution in [1.29, 1.82) is 0 Å². The first-order chi connectivity index (χ1) is 31.6. The molecule has 368 valence electrons. The van der Waals surface area contributed by atoms with Crippen molar-refractivity contribution >= 4 is 11.9 Å². The van der Waals surface area contributed by atoms with Gasteiger partial charge in [0.25, 0.3) is 0 Å². The fourth-order valence-electron chi connectivity index (χ4n) is 7.34. The van der Waals surface area contributed by atoms with Gasteiger partial charge in [-0.05, 0) is 109 Å². The molecule has 1 unspecified atom stereocenters. The van der Waals surface area contributed by atoms with Gasteiger partial charge in [-0.1, -0.05) is 215 Å². The molecule has 64 heavy (non-hydrogen) atoms. The molecule has 5 nitrogen and oxygen atoms in total. The van der Waals surface area contributed by atoms with Crippen LogP contribution in [0.3, 0.4) is 0 Å². The van der Waals surface area contributed by atoms with E-state index in [9.17, 15) is 9.59 Å². The van der Waals surface area contributed by atoms with E-state index >= 15 is 0 Å². The fourth-order valence-corrected chi connectivity index (χ4v) is 7.34. The van der Waals surface area contributed by atoms with Crippen LogP contribution in [0.1, 0.15) is 252 Å². The van der Waals surface area contributed by atoms with Crippen LogP contribution in [0, 0.1) is 0 Å². The van der Waals surface area contributed by atoms with Gasteiger partial charge in [-0.2, -0.15) is 0 Å². The zero-order chi connectivity index (χ0) is 46.3. The molecule has 0 heterocycles. The lowest BCUT2D eigenvalue weighted by Crippen LogP contribution is -2.30. The third kappa shape index (κ3) is 51.7. The Bertz CT molecular complexity index is 1190. The Kier molecular flexibility index (Phi) is 51.9. The molecule has 5 heteroatoms. The molecule has 0 radical (unpaired) electrons. The first-order valence-corrected chi connectivity index (χ1v) is 27.1. The van der Waals surface area contributed by atoms with Crippen LogP contribution in [-0.4, -0.2) is 37.9 Å². The predicted octanol–water partition coefficient (Wildman–Crippen LogP) is 18.5. The second-order valence-corrected chi connectivity index (χ2v) is 17.7.